The average Bonchev–Trinajstić information content (AvgIpc) is 1.83. The van der Waals surface area contributed by atoms with Crippen LogP contribution in [0.25, 0.3) is 0 Å². The zero-order valence-electron chi connectivity index (χ0n) is 6.59. The second kappa shape index (κ2) is 5.60. The Balaban J connectivity index is 3.23. The maximum Gasteiger partial charge on any atom is 0.264 e. The van der Waals surface area contributed by atoms with Crippen molar-refractivity contribution in [1.29, 1.82) is 0 Å². The molecule has 0 unspecified atom stereocenters. The van der Waals surface area contributed by atoms with Gasteiger partial charge < -0.3 is 0 Å². The molecule has 0 aliphatic rings. The molecule has 12 heavy (non-hydrogen) atoms. The minimum absolute atomic E-state index is 0.00144. The van der Waals surface area contributed by atoms with Crippen LogP contribution in [0.15, 0.2) is 0 Å². The highest BCUT2D eigenvalue weighted by Gasteiger charge is 2.04. The van der Waals surface area contributed by atoms with Crippen LogP contribution < -0.4 is 0 Å². The Bertz CT molecular complexity index is 205. The first kappa shape index (κ1) is 12.0. The largest absolute Gasteiger partial charge is 0.270 e. The van der Waals surface area contributed by atoms with Crippen LogP contribution in [0.1, 0.15) is 6.42 Å². The van der Waals surface area contributed by atoms with Crippen LogP contribution in [-0.2, 0) is 14.3 Å². The molecule has 0 aromatic rings. The van der Waals surface area contributed by atoms with Crippen molar-refractivity contribution in [3.8, 4) is 0 Å². The fraction of sp³-hybridized carbons (Fsp3) is 1.00. The molecule has 0 saturated carbocycles. The fourth-order valence-electron chi connectivity index (χ4n) is 0.494. The number of hydrogen-bond donors (Lipinski definition) is 0. The Morgan fingerprint density at radius 3 is 2.50 bits per heavy atom. The molecule has 0 amide bonds. The molecule has 0 fully saturated rings. The lowest BCUT2D eigenvalue weighted by Crippen LogP contribution is -2.07. The molecule has 0 heterocycles. The van der Waals surface area contributed by atoms with Crippen LogP contribution in [0.2, 0.25) is 6.04 Å². The van der Waals surface area contributed by atoms with E-state index in [0.29, 0.717) is 12.5 Å². The van der Waals surface area contributed by atoms with E-state index in [1.807, 2.05) is 0 Å². The van der Waals surface area contributed by atoms with E-state index in [1.54, 1.807) is 0 Å². The van der Waals surface area contributed by atoms with Gasteiger partial charge in [-0.15, -0.1) is 0 Å². The third-order valence-electron chi connectivity index (χ3n) is 0.917. The number of halogens is 2. The lowest BCUT2D eigenvalue weighted by Gasteiger charge is -1.99. The normalized spacial score (nSPS) is 12.3. The van der Waals surface area contributed by atoms with Gasteiger partial charge in [0.2, 0.25) is 6.05 Å². The van der Waals surface area contributed by atoms with E-state index in [4.69, 9.17) is 0 Å². The highest BCUT2D eigenvalue weighted by atomic mass is 32.2. The molecule has 0 N–H and O–H groups in total. The summed E-state index contributed by atoms with van der Waals surface area (Å²) >= 11 is 0. The van der Waals surface area contributed by atoms with E-state index in [9.17, 15) is 17.2 Å². The molecule has 7 heteroatoms. The van der Waals surface area contributed by atoms with E-state index in [0.717, 1.165) is 6.26 Å². The Morgan fingerprint density at radius 2 is 2.08 bits per heavy atom. The van der Waals surface area contributed by atoms with Crippen LogP contribution in [-0.4, -0.2) is 36.8 Å². The van der Waals surface area contributed by atoms with Crippen molar-refractivity contribution in [3.05, 3.63) is 0 Å². The Morgan fingerprint density at radius 1 is 1.50 bits per heavy atom. The average molecular weight is 216 g/mol. The first-order valence-corrected chi connectivity index (χ1v) is 6.38. The molecule has 0 saturated heterocycles. The molecule has 0 bridgehead atoms. The van der Waals surface area contributed by atoms with Gasteiger partial charge >= 0.3 is 0 Å². The van der Waals surface area contributed by atoms with E-state index in [-0.39, 0.29) is 6.61 Å². The summed E-state index contributed by atoms with van der Waals surface area (Å²) in [5, 5.41) is 0. The first-order chi connectivity index (χ1) is 5.42. The number of alkyl halides is 2. The van der Waals surface area contributed by atoms with Crippen LogP contribution in [0.4, 0.5) is 8.78 Å². The van der Waals surface area contributed by atoms with Crippen molar-refractivity contribution in [2.75, 3.05) is 12.9 Å². The highest BCUT2D eigenvalue weighted by molar-refractivity contribution is 7.85. The molecule has 0 aliphatic carbocycles. The van der Waals surface area contributed by atoms with Crippen LogP contribution >= 0.6 is 0 Å². The molecule has 3 nitrogen and oxygen atoms in total. The summed E-state index contributed by atoms with van der Waals surface area (Å²) in [5.41, 5.74) is 0. The van der Waals surface area contributed by atoms with Crippen molar-refractivity contribution in [2.45, 2.75) is 18.5 Å². The summed E-state index contributed by atoms with van der Waals surface area (Å²) in [7, 11) is -3.84. The van der Waals surface area contributed by atoms with Crippen LogP contribution in [0.5, 0.6) is 0 Å². The predicted octanol–water partition coefficient (Wildman–Crippen LogP) is 0.698. The van der Waals surface area contributed by atoms with E-state index < -0.39 is 25.7 Å². The monoisotopic (exact) mass is 216 g/mol. The Hall–Kier alpha value is -0.0131. The highest BCUT2D eigenvalue weighted by Crippen LogP contribution is 1.98. The standard InChI is InChI=1S/C5H10F2O3SSi/c1-11(8,9)10-3-2-4-12-5(6)7/h5H,2-4H2,1H3. The Kier molecular flexibility index (Phi) is 5.60. The third kappa shape index (κ3) is 9.99. The van der Waals surface area contributed by atoms with Gasteiger partial charge in [-0.1, -0.05) is 6.04 Å². The van der Waals surface area contributed by atoms with Gasteiger partial charge in [-0.25, -0.2) is 8.78 Å². The molecule has 0 spiro atoms. The SMILES string of the molecule is CS(=O)(=O)OCCC[Si]C(F)F. The molecular formula is C5H10F2O3SSi. The molecule has 0 atom stereocenters. The third-order valence-corrected chi connectivity index (χ3v) is 2.46. The van der Waals surface area contributed by atoms with Gasteiger partial charge in [0.15, 0.2) is 0 Å². The van der Waals surface area contributed by atoms with Crippen molar-refractivity contribution in [3.63, 3.8) is 0 Å². The minimum atomic E-state index is -3.41. The predicted molar refractivity (Wildman–Crippen MR) is 42.0 cm³/mol. The van der Waals surface area contributed by atoms with Gasteiger partial charge in [-0.2, -0.15) is 8.42 Å². The van der Waals surface area contributed by atoms with Gasteiger partial charge in [-0.3, -0.25) is 4.18 Å². The van der Waals surface area contributed by atoms with Gasteiger partial charge in [0, 0.05) is 0 Å². The molecule has 0 rings (SSSR count). The molecule has 0 aromatic carbocycles. The maximum absolute atomic E-state index is 11.5. The molecule has 2 radical (unpaired) electrons. The first-order valence-electron chi connectivity index (χ1n) is 3.28. The van der Waals surface area contributed by atoms with Crippen LogP contribution in [0, 0.1) is 0 Å². The van der Waals surface area contributed by atoms with E-state index >= 15 is 0 Å². The quantitative estimate of drug-likeness (QED) is 0.373. The van der Waals surface area contributed by atoms with Gasteiger partial charge in [0.05, 0.1) is 12.9 Å². The second-order valence-electron chi connectivity index (χ2n) is 2.13. The summed E-state index contributed by atoms with van der Waals surface area (Å²) in [6, 6.07) is -1.98. The van der Waals surface area contributed by atoms with Crippen molar-refractivity contribution in [1.82, 2.24) is 0 Å². The molecule has 0 aromatic heterocycles. The summed E-state index contributed by atoms with van der Waals surface area (Å²) in [4.78, 5) is 0. The summed E-state index contributed by atoms with van der Waals surface area (Å²) in [6.07, 6.45) is 1.29. The number of hydrogen-bond acceptors (Lipinski definition) is 3. The van der Waals surface area contributed by atoms with Crippen molar-refractivity contribution < 1.29 is 21.4 Å². The fourth-order valence-corrected chi connectivity index (χ4v) is 1.48. The molecule has 0 aliphatic heterocycles. The van der Waals surface area contributed by atoms with E-state index in [2.05, 4.69) is 4.18 Å². The molecule has 72 valence electrons. The summed E-state index contributed by atoms with van der Waals surface area (Å²) in [6.45, 7) is -0.00144. The molecular weight excluding hydrogens is 206 g/mol. The lowest BCUT2D eigenvalue weighted by molar-refractivity contribution is 0.236. The van der Waals surface area contributed by atoms with Gasteiger partial charge in [0.25, 0.3) is 10.1 Å². The Labute approximate surface area is 73.1 Å². The van der Waals surface area contributed by atoms with Crippen molar-refractivity contribution >= 4 is 19.6 Å². The zero-order valence-corrected chi connectivity index (χ0v) is 8.40. The second-order valence-corrected chi connectivity index (χ2v) is 5.12. The number of rotatable bonds is 6. The van der Waals surface area contributed by atoms with Crippen molar-refractivity contribution in [2.24, 2.45) is 0 Å². The van der Waals surface area contributed by atoms with E-state index in [1.165, 1.54) is 0 Å². The van der Waals surface area contributed by atoms with Crippen LogP contribution in [0.3, 0.4) is 0 Å². The van der Waals surface area contributed by atoms with Gasteiger partial charge in [0.1, 0.15) is 9.52 Å². The smallest absolute Gasteiger partial charge is 0.264 e. The topological polar surface area (TPSA) is 43.4 Å². The maximum atomic E-state index is 11.5. The van der Waals surface area contributed by atoms with Gasteiger partial charge in [-0.05, 0) is 6.42 Å². The zero-order chi connectivity index (χ0) is 9.61. The summed E-state index contributed by atoms with van der Waals surface area (Å²) < 4.78 is 48.2. The minimum Gasteiger partial charge on any atom is -0.270 e. The summed E-state index contributed by atoms with van der Waals surface area (Å²) in [5.74, 6) is 0. The lowest BCUT2D eigenvalue weighted by atomic mass is 10.5.